The molecular weight excluding hydrogens is 231 g/mol. The van der Waals surface area contributed by atoms with E-state index in [1.165, 1.54) is 0 Å². The molecule has 0 bridgehead atoms. The molecule has 0 spiro atoms. The Bertz CT molecular complexity index is 195. The van der Waals surface area contributed by atoms with E-state index in [2.05, 4.69) is 17.2 Å². The van der Waals surface area contributed by atoms with Crippen LogP contribution in [0.4, 0.5) is 0 Å². The second-order valence-corrected chi connectivity index (χ2v) is 4.07. The number of nitrogens with one attached hydrogen (secondary N) is 2. The Morgan fingerprint density at radius 1 is 1.77 bits per heavy atom. The first kappa shape index (κ1) is 13.1. The third-order valence-corrected chi connectivity index (χ3v) is 2.56. The summed E-state index contributed by atoms with van der Waals surface area (Å²) >= 11 is 7.21. The molecule has 76 valence electrons. The standard InChI is InChI=1S/C7H11ClN2OS.ClH/c1-5(8)2-9-7(11)6-3-12-4-10-6;/h6,10H,1-4H2,(H,9,11);1H. The fraction of sp³-hybridized carbons (Fsp3) is 0.571. The normalized spacial score (nSPS) is 20.5. The number of hydrogen-bond acceptors (Lipinski definition) is 3. The minimum Gasteiger partial charge on any atom is -0.350 e. The van der Waals surface area contributed by atoms with Crippen molar-refractivity contribution in [2.45, 2.75) is 6.04 Å². The summed E-state index contributed by atoms with van der Waals surface area (Å²) in [4.78, 5) is 11.3. The highest BCUT2D eigenvalue weighted by atomic mass is 35.5. The minimum atomic E-state index is -0.0639. The van der Waals surface area contributed by atoms with Crippen LogP contribution in [-0.4, -0.2) is 30.1 Å². The molecule has 3 nitrogen and oxygen atoms in total. The molecule has 1 heterocycles. The van der Waals surface area contributed by atoms with Gasteiger partial charge in [0.2, 0.25) is 5.91 Å². The Hall–Kier alpha value is 0.1000. The zero-order valence-corrected chi connectivity index (χ0v) is 9.40. The number of amides is 1. The average molecular weight is 243 g/mol. The Labute approximate surface area is 93.1 Å². The van der Waals surface area contributed by atoms with Crippen molar-refractivity contribution in [3.8, 4) is 0 Å². The predicted octanol–water partition coefficient (Wildman–Crippen LogP) is 0.939. The number of carbonyl (C=O) groups excluding carboxylic acids is 1. The SMILES string of the molecule is C=C(Cl)CNC(=O)C1CSCN1.Cl. The molecular formula is C7H12Cl2N2OS. The number of carbonyl (C=O) groups is 1. The Balaban J connectivity index is 0.00000144. The first-order valence-corrected chi connectivity index (χ1v) is 5.15. The highest BCUT2D eigenvalue weighted by molar-refractivity contribution is 7.99. The smallest absolute Gasteiger partial charge is 0.238 e. The van der Waals surface area contributed by atoms with Gasteiger partial charge < -0.3 is 5.32 Å². The van der Waals surface area contributed by atoms with E-state index in [4.69, 9.17) is 11.6 Å². The van der Waals surface area contributed by atoms with Gasteiger partial charge in [-0.1, -0.05) is 18.2 Å². The maximum atomic E-state index is 11.3. The highest BCUT2D eigenvalue weighted by Crippen LogP contribution is 2.09. The lowest BCUT2D eigenvalue weighted by atomic mass is 10.3. The van der Waals surface area contributed by atoms with Crippen LogP contribution >= 0.6 is 35.8 Å². The summed E-state index contributed by atoms with van der Waals surface area (Å²) in [7, 11) is 0. The van der Waals surface area contributed by atoms with E-state index in [1.807, 2.05) is 0 Å². The second-order valence-electron chi connectivity index (χ2n) is 2.51. The van der Waals surface area contributed by atoms with Gasteiger partial charge in [0.25, 0.3) is 0 Å². The molecule has 1 fully saturated rings. The summed E-state index contributed by atoms with van der Waals surface area (Å²) in [5.74, 6) is 1.68. The lowest BCUT2D eigenvalue weighted by Gasteiger charge is -2.08. The van der Waals surface area contributed by atoms with Crippen LogP contribution in [0.2, 0.25) is 0 Å². The molecule has 0 radical (unpaired) electrons. The zero-order chi connectivity index (χ0) is 8.97. The highest BCUT2D eigenvalue weighted by Gasteiger charge is 2.21. The first-order chi connectivity index (χ1) is 5.70. The van der Waals surface area contributed by atoms with Gasteiger partial charge in [0.05, 0.1) is 12.6 Å². The minimum absolute atomic E-state index is 0. The van der Waals surface area contributed by atoms with Gasteiger partial charge >= 0.3 is 0 Å². The molecule has 13 heavy (non-hydrogen) atoms. The van der Waals surface area contributed by atoms with Gasteiger partial charge in [0, 0.05) is 16.7 Å². The quantitative estimate of drug-likeness (QED) is 0.775. The topological polar surface area (TPSA) is 41.1 Å². The molecule has 0 saturated carbocycles. The Morgan fingerprint density at radius 3 is 2.92 bits per heavy atom. The molecule has 1 aliphatic rings. The van der Waals surface area contributed by atoms with E-state index in [0.717, 1.165) is 11.6 Å². The number of thioether (sulfide) groups is 1. The average Bonchev–Trinajstić information content (AvgIpc) is 2.51. The van der Waals surface area contributed by atoms with E-state index in [1.54, 1.807) is 11.8 Å². The lowest BCUT2D eigenvalue weighted by Crippen LogP contribution is -2.42. The van der Waals surface area contributed by atoms with Gasteiger partial charge in [-0.25, -0.2) is 0 Å². The van der Waals surface area contributed by atoms with Crippen LogP contribution in [0.15, 0.2) is 11.6 Å². The molecule has 6 heteroatoms. The fourth-order valence-corrected chi connectivity index (χ4v) is 1.88. The van der Waals surface area contributed by atoms with Crippen molar-refractivity contribution in [1.29, 1.82) is 0 Å². The van der Waals surface area contributed by atoms with Crippen LogP contribution in [0.25, 0.3) is 0 Å². The van der Waals surface area contributed by atoms with Gasteiger partial charge in [0.15, 0.2) is 0 Å². The zero-order valence-electron chi connectivity index (χ0n) is 7.01. The van der Waals surface area contributed by atoms with Crippen molar-refractivity contribution < 1.29 is 4.79 Å². The van der Waals surface area contributed by atoms with Crippen LogP contribution in [0.3, 0.4) is 0 Å². The van der Waals surface area contributed by atoms with Gasteiger partial charge in [0.1, 0.15) is 0 Å². The number of rotatable bonds is 3. The summed E-state index contributed by atoms with van der Waals surface area (Å²) < 4.78 is 0. The molecule has 1 atom stereocenters. The van der Waals surface area contributed by atoms with E-state index in [0.29, 0.717) is 11.6 Å². The van der Waals surface area contributed by atoms with Crippen LogP contribution in [0.1, 0.15) is 0 Å². The third kappa shape index (κ3) is 4.76. The molecule has 0 aromatic rings. The van der Waals surface area contributed by atoms with Crippen molar-refractivity contribution in [3.63, 3.8) is 0 Å². The summed E-state index contributed by atoms with van der Waals surface area (Å²) in [6.07, 6.45) is 0. The molecule has 2 N–H and O–H groups in total. The fourth-order valence-electron chi connectivity index (χ4n) is 0.870. The second kappa shape index (κ2) is 6.54. The summed E-state index contributed by atoms with van der Waals surface area (Å²) in [6.45, 7) is 3.83. The van der Waals surface area contributed by atoms with Crippen molar-refractivity contribution in [1.82, 2.24) is 10.6 Å². The Kier molecular flexibility index (Phi) is 6.59. The molecule has 1 saturated heterocycles. The van der Waals surface area contributed by atoms with Gasteiger partial charge in [-0.05, 0) is 0 Å². The molecule has 1 rings (SSSR count). The van der Waals surface area contributed by atoms with Gasteiger partial charge in [-0.3, -0.25) is 10.1 Å². The molecule has 1 unspecified atom stereocenters. The van der Waals surface area contributed by atoms with Crippen LogP contribution < -0.4 is 10.6 Å². The third-order valence-electron chi connectivity index (χ3n) is 1.49. The monoisotopic (exact) mass is 242 g/mol. The van der Waals surface area contributed by atoms with Gasteiger partial charge in [-0.15, -0.1) is 24.2 Å². The maximum Gasteiger partial charge on any atom is 0.238 e. The maximum absolute atomic E-state index is 11.3. The molecule has 0 aromatic carbocycles. The van der Waals surface area contributed by atoms with E-state index < -0.39 is 0 Å². The van der Waals surface area contributed by atoms with Crippen molar-refractivity contribution in [2.75, 3.05) is 18.2 Å². The largest absolute Gasteiger partial charge is 0.350 e. The van der Waals surface area contributed by atoms with Crippen molar-refractivity contribution in [2.24, 2.45) is 0 Å². The predicted molar refractivity (Wildman–Crippen MR) is 59.5 cm³/mol. The first-order valence-electron chi connectivity index (χ1n) is 3.62. The van der Waals surface area contributed by atoms with Crippen molar-refractivity contribution >= 4 is 41.7 Å². The lowest BCUT2D eigenvalue weighted by molar-refractivity contribution is -0.122. The van der Waals surface area contributed by atoms with Crippen LogP contribution in [0.5, 0.6) is 0 Å². The van der Waals surface area contributed by atoms with E-state index in [9.17, 15) is 4.79 Å². The molecule has 0 aliphatic carbocycles. The Morgan fingerprint density at radius 2 is 2.46 bits per heavy atom. The summed E-state index contributed by atoms with van der Waals surface area (Å²) in [5.41, 5.74) is 0. The molecule has 0 aromatic heterocycles. The number of hydrogen-bond donors (Lipinski definition) is 2. The van der Waals surface area contributed by atoms with Gasteiger partial charge in [-0.2, -0.15) is 0 Å². The van der Waals surface area contributed by atoms with E-state index >= 15 is 0 Å². The number of halogens is 2. The van der Waals surface area contributed by atoms with Crippen LogP contribution in [-0.2, 0) is 4.79 Å². The summed E-state index contributed by atoms with van der Waals surface area (Å²) in [5, 5.41) is 6.19. The molecule has 1 aliphatic heterocycles. The summed E-state index contributed by atoms with van der Waals surface area (Å²) in [6, 6.07) is -0.0639. The van der Waals surface area contributed by atoms with Crippen LogP contribution in [0, 0.1) is 0 Å². The van der Waals surface area contributed by atoms with E-state index in [-0.39, 0.29) is 24.4 Å². The van der Waals surface area contributed by atoms with Crippen molar-refractivity contribution in [3.05, 3.63) is 11.6 Å². The molecule has 1 amide bonds.